The van der Waals surface area contributed by atoms with E-state index in [1.54, 1.807) is 18.2 Å². The van der Waals surface area contributed by atoms with Crippen molar-refractivity contribution in [3.8, 4) is 11.1 Å². The van der Waals surface area contributed by atoms with E-state index in [1.807, 2.05) is 0 Å². The van der Waals surface area contributed by atoms with Gasteiger partial charge in [0.15, 0.2) is 5.06 Å². The second-order valence-corrected chi connectivity index (χ2v) is 3.89. The molecular weight excluding hydrogens is 206 g/mol. The summed E-state index contributed by atoms with van der Waals surface area (Å²) in [5, 5.41) is 19.2. The Bertz CT molecular complexity index is 512. The van der Waals surface area contributed by atoms with Crippen molar-refractivity contribution in [1.29, 1.82) is 5.26 Å². The Morgan fingerprint density at radius 3 is 2.92 bits per heavy atom. The van der Waals surface area contributed by atoms with E-state index in [2.05, 4.69) is 6.07 Å². The minimum atomic E-state index is 0.0689. The van der Waals surface area contributed by atoms with Crippen LogP contribution in [0.4, 0.5) is 0 Å². The zero-order valence-corrected chi connectivity index (χ0v) is 7.99. The quantitative estimate of drug-likeness (QED) is 0.725. The van der Waals surface area contributed by atoms with Gasteiger partial charge in [0.05, 0.1) is 10.3 Å². The van der Waals surface area contributed by atoms with Gasteiger partial charge in [0.1, 0.15) is 11.1 Å². The normalized spacial score (nSPS) is 10.2. The lowest BCUT2D eigenvalue weighted by Crippen LogP contribution is -1.71. The Morgan fingerprint density at radius 1 is 1.46 bits per heavy atom. The maximum Gasteiger partial charge on any atom is 0.191 e. The summed E-state index contributed by atoms with van der Waals surface area (Å²) in [5.41, 5.74) is 0.546. The molecule has 0 spiro atoms. The fraction of sp³-hybridized carbons (Fsp3) is 0. The minimum absolute atomic E-state index is 0.0689. The van der Waals surface area contributed by atoms with Crippen LogP contribution in [0.2, 0.25) is 5.02 Å². The summed E-state index contributed by atoms with van der Waals surface area (Å²) >= 11 is 6.95. The van der Waals surface area contributed by atoms with Crippen LogP contribution in [0, 0.1) is 11.3 Å². The summed E-state index contributed by atoms with van der Waals surface area (Å²) < 4.78 is 0.743. The Kier molecular flexibility index (Phi) is 1.87. The Labute approximate surface area is 83.6 Å². The van der Waals surface area contributed by atoms with Crippen molar-refractivity contribution in [2.75, 3.05) is 0 Å². The largest absolute Gasteiger partial charge is 0.498 e. The lowest BCUT2D eigenvalue weighted by atomic mass is 10.2. The molecule has 0 aliphatic rings. The summed E-state index contributed by atoms with van der Waals surface area (Å²) in [6, 6.07) is 7.29. The predicted molar refractivity (Wildman–Crippen MR) is 53.2 cm³/mol. The van der Waals surface area contributed by atoms with Gasteiger partial charge in [0.2, 0.25) is 0 Å². The summed E-state index contributed by atoms with van der Waals surface area (Å²) in [6.07, 6.45) is 0. The summed E-state index contributed by atoms with van der Waals surface area (Å²) in [4.78, 5) is 0. The molecule has 1 aromatic heterocycles. The van der Waals surface area contributed by atoms with Crippen molar-refractivity contribution in [3.63, 3.8) is 0 Å². The van der Waals surface area contributed by atoms with Gasteiger partial charge in [0.25, 0.3) is 0 Å². The van der Waals surface area contributed by atoms with Crippen LogP contribution in [0.5, 0.6) is 5.06 Å². The van der Waals surface area contributed by atoms with Crippen molar-refractivity contribution in [1.82, 2.24) is 0 Å². The second kappa shape index (κ2) is 2.91. The molecule has 4 heteroatoms. The molecule has 2 nitrogen and oxygen atoms in total. The molecule has 0 amide bonds. The van der Waals surface area contributed by atoms with E-state index in [4.69, 9.17) is 16.9 Å². The topological polar surface area (TPSA) is 44.0 Å². The summed E-state index contributed by atoms with van der Waals surface area (Å²) in [5.74, 6) is 0. The number of fused-ring (bicyclic) bond motifs is 1. The third-order valence-corrected chi connectivity index (χ3v) is 3.29. The third-order valence-electron chi connectivity index (χ3n) is 1.76. The molecule has 64 valence electrons. The van der Waals surface area contributed by atoms with E-state index in [0.29, 0.717) is 10.6 Å². The summed E-state index contributed by atoms with van der Waals surface area (Å²) in [7, 11) is 0. The number of nitrogens with zero attached hydrogens (tertiary/aromatic N) is 1. The van der Waals surface area contributed by atoms with Gasteiger partial charge in [-0.15, -0.1) is 0 Å². The van der Waals surface area contributed by atoms with E-state index < -0.39 is 0 Å². The first-order valence-corrected chi connectivity index (χ1v) is 4.73. The van der Waals surface area contributed by atoms with Gasteiger partial charge >= 0.3 is 0 Å². The highest BCUT2D eigenvalue weighted by molar-refractivity contribution is 7.21. The molecule has 2 rings (SSSR count). The fourth-order valence-corrected chi connectivity index (χ4v) is 2.39. The average Bonchev–Trinajstić information content (AvgIpc) is 2.43. The van der Waals surface area contributed by atoms with E-state index in [0.717, 1.165) is 21.4 Å². The second-order valence-electron chi connectivity index (χ2n) is 2.52. The molecule has 0 fully saturated rings. The third kappa shape index (κ3) is 1.15. The number of thiophene rings is 1. The lowest BCUT2D eigenvalue weighted by Gasteiger charge is -1.90. The molecule has 0 saturated carbocycles. The maximum absolute atomic E-state index is 9.34. The number of hydrogen-bond acceptors (Lipinski definition) is 3. The zero-order chi connectivity index (χ0) is 9.42. The van der Waals surface area contributed by atoms with Crippen molar-refractivity contribution in [2.24, 2.45) is 0 Å². The van der Waals surface area contributed by atoms with E-state index >= 15 is 0 Å². The number of aromatic hydroxyl groups is 1. The van der Waals surface area contributed by atoms with Gasteiger partial charge in [-0.1, -0.05) is 35.1 Å². The number of nitriles is 1. The highest BCUT2D eigenvalue weighted by Gasteiger charge is 2.11. The van der Waals surface area contributed by atoms with Crippen molar-refractivity contribution in [2.45, 2.75) is 0 Å². The first-order valence-electron chi connectivity index (χ1n) is 3.54. The molecule has 1 heterocycles. The van der Waals surface area contributed by atoms with E-state index in [-0.39, 0.29) is 5.06 Å². The number of hydrogen-bond donors (Lipinski definition) is 1. The van der Waals surface area contributed by atoms with Gasteiger partial charge in [0, 0.05) is 5.39 Å². The number of rotatable bonds is 0. The van der Waals surface area contributed by atoms with Crippen LogP contribution in [0.1, 0.15) is 5.56 Å². The van der Waals surface area contributed by atoms with Crippen LogP contribution < -0.4 is 0 Å². The maximum atomic E-state index is 9.34. The first kappa shape index (κ1) is 8.36. The SMILES string of the molecule is N#Cc1cccc2c(Cl)c(O)sc12. The average molecular weight is 210 g/mol. The van der Waals surface area contributed by atoms with Crippen LogP contribution in [0.3, 0.4) is 0 Å². The van der Waals surface area contributed by atoms with Crippen LogP contribution in [0.15, 0.2) is 18.2 Å². The summed E-state index contributed by atoms with van der Waals surface area (Å²) in [6.45, 7) is 0. The van der Waals surface area contributed by atoms with Gasteiger partial charge in [-0.2, -0.15) is 5.26 Å². The van der Waals surface area contributed by atoms with Gasteiger partial charge in [-0.25, -0.2) is 0 Å². The lowest BCUT2D eigenvalue weighted by molar-refractivity contribution is 0.491. The highest BCUT2D eigenvalue weighted by Crippen LogP contribution is 2.41. The molecule has 0 bridgehead atoms. The van der Waals surface area contributed by atoms with Crippen LogP contribution in [-0.2, 0) is 0 Å². The monoisotopic (exact) mass is 209 g/mol. The predicted octanol–water partition coefficient (Wildman–Crippen LogP) is 3.13. The standard InChI is InChI=1S/C9H4ClNOS/c10-7-6-3-1-2-5(4-11)8(6)13-9(7)12/h1-3,12H. The Balaban J connectivity index is 2.95. The number of benzene rings is 1. The molecular formula is C9H4ClNOS. The van der Waals surface area contributed by atoms with Gasteiger partial charge < -0.3 is 5.11 Å². The Hall–Kier alpha value is -1.24. The van der Waals surface area contributed by atoms with Crippen molar-refractivity contribution < 1.29 is 5.11 Å². The van der Waals surface area contributed by atoms with Crippen LogP contribution >= 0.6 is 22.9 Å². The van der Waals surface area contributed by atoms with Crippen LogP contribution in [-0.4, -0.2) is 5.11 Å². The number of halogens is 1. The van der Waals surface area contributed by atoms with Crippen molar-refractivity contribution in [3.05, 3.63) is 28.8 Å². The Morgan fingerprint density at radius 2 is 2.23 bits per heavy atom. The van der Waals surface area contributed by atoms with Crippen LogP contribution in [0.25, 0.3) is 10.1 Å². The molecule has 0 aliphatic carbocycles. The minimum Gasteiger partial charge on any atom is -0.498 e. The molecule has 0 aliphatic heterocycles. The smallest absolute Gasteiger partial charge is 0.191 e. The van der Waals surface area contributed by atoms with Crippen molar-refractivity contribution >= 4 is 33.0 Å². The van der Waals surface area contributed by atoms with Gasteiger partial charge in [-0.05, 0) is 6.07 Å². The molecule has 0 saturated heterocycles. The van der Waals surface area contributed by atoms with E-state index in [9.17, 15) is 5.11 Å². The van der Waals surface area contributed by atoms with E-state index in [1.165, 1.54) is 0 Å². The fourth-order valence-electron chi connectivity index (χ4n) is 1.16. The molecule has 0 unspecified atom stereocenters. The molecule has 0 atom stereocenters. The molecule has 1 N–H and O–H groups in total. The highest BCUT2D eigenvalue weighted by atomic mass is 35.5. The first-order chi connectivity index (χ1) is 6.24. The molecule has 2 aromatic rings. The molecule has 13 heavy (non-hydrogen) atoms. The zero-order valence-electron chi connectivity index (χ0n) is 6.41. The molecule has 1 aromatic carbocycles. The van der Waals surface area contributed by atoms with Gasteiger partial charge in [-0.3, -0.25) is 0 Å². The molecule has 0 radical (unpaired) electrons.